The van der Waals surface area contributed by atoms with Gasteiger partial charge in [-0.2, -0.15) is 0 Å². The van der Waals surface area contributed by atoms with Crippen molar-refractivity contribution in [3.63, 3.8) is 0 Å². The molecule has 0 atom stereocenters. The van der Waals surface area contributed by atoms with Crippen molar-refractivity contribution in [1.29, 1.82) is 0 Å². The molecule has 0 amide bonds. The quantitative estimate of drug-likeness (QED) is 0.148. The number of hydrogen-bond acceptors (Lipinski definition) is 4. The standard InChI is InChI=1S/C46H54N4.4BrH.2Cu/c1-28(2)38-19-18-33(11)43(34-22-39(29(3)4)45(40(23-34)30(5)6)49-26-36-16-12-14-20-47-36)44(38)35-24-41(31(7)8)46(42(25-35)32(9)10)50-27-37-17-13-15-21-48-37;;;;;;/h12-32H,1-11H3;4*1H;;/q;;;;;2*+2/p-4/b49-26+,50-27+;;;;;;. The molecule has 5 rings (SSSR count). The molecule has 10 heteroatoms. The number of rotatable bonds is 11. The second kappa shape index (κ2) is 25.7. The van der Waals surface area contributed by atoms with E-state index in [0.717, 1.165) is 22.8 Å². The second-order valence-electron chi connectivity index (χ2n) is 15.0. The SMILES string of the molecule is Cc1ccc(C(C)C)c(-c2cc(C(C)C)c(/N=C/c3ccccn3)c(C(C)C)c2)c1-c1cc(C(C)C)c(/N=C/c2ccccn2)c(C(C)C)c1.[Br-].[Br-].[Br-].[Br-].[Cu+2].[Cu+2]. The Hall–Kier alpha value is -1.74. The van der Waals surface area contributed by atoms with E-state index in [-0.39, 0.29) is 126 Å². The van der Waals surface area contributed by atoms with Gasteiger partial charge in [0.05, 0.1) is 35.2 Å². The van der Waals surface area contributed by atoms with Crippen LogP contribution >= 0.6 is 0 Å². The molecule has 3 aromatic carbocycles. The van der Waals surface area contributed by atoms with Crippen LogP contribution in [0.2, 0.25) is 0 Å². The van der Waals surface area contributed by atoms with Gasteiger partial charge in [-0.3, -0.25) is 20.0 Å². The first-order valence-electron chi connectivity index (χ1n) is 18.3. The van der Waals surface area contributed by atoms with Gasteiger partial charge in [0.15, 0.2) is 0 Å². The largest absolute Gasteiger partial charge is 2.00 e. The Bertz CT molecular complexity index is 1960. The predicted molar refractivity (Wildman–Crippen MR) is 215 cm³/mol. The number of benzene rings is 3. The molecule has 2 aromatic heterocycles. The molecule has 4 nitrogen and oxygen atoms in total. The van der Waals surface area contributed by atoms with E-state index in [1.165, 1.54) is 55.6 Å². The summed E-state index contributed by atoms with van der Waals surface area (Å²) in [5, 5.41) is 0. The third-order valence-corrected chi connectivity index (χ3v) is 9.50. The van der Waals surface area contributed by atoms with Crippen molar-refractivity contribution in [2.45, 2.75) is 106 Å². The van der Waals surface area contributed by atoms with E-state index in [2.05, 4.69) is 123 Å². The molecule has 56 heavy (non-hydrogen) atoms. The van der Waals surface area contributed by atoms with Crippen LogP contribution in [0.5, 0.6) is 0 Å². The average Bonchev–Trinajstić information content (AvgIpc) is 3.09. The minimum atomic E-state index is 0. The zero-order chi connectivity index (χ0) is 36.1. The zero-order valence-electron chi connectivity index (χ0n) is 34.0. The van der Waals surface area contributed by atoms with E-state index in [0.29, 0.717) is 5.92 Å². The van der Waals surface area contributed by atoms with Crippen LogP contribution in [0.1, 0.15) is 144 Å². The molecular weight excluding hydrogens is 1060 g/mol. The first-order chi connectivity index (χ1) is 23.9. The van der Waals surface area contributed by atoms with Crippen LogP contribution in [0.15, 0.2) is 95.2 Å². The van der Waals surface area contributed by atoms with Gasteiger partial charge >= 0.3 is 34.1 Å². The maximum atomic E-state index is 5.12. The summed E-state index contributed by atoms with van der Waals surface area (Å²) in [6, 6.07) is 26.2. The van der Waals surface area contributed by atoms with Gasteiger partial charge in [0.25, 0.3) is 0 Å². The van der Waals surface area contributed by atoms with E-state index in [1.807, 2.05) is 61.2 Å². The summed E-state index contributed by atoms with van der Waals surface area (Å²) in [4.78, 5) is 19.2. The maximum Gasteiger partial charge on any atom is 2.00 e. The monoisotopic (exact) mass is 1100 g/mol. The molecule has 5 aromatic rings. The number of pyridine rings is 2. The average molecular weight is 1110 g/mol. The fraction of sp³-hybridized carbons (Fsp3) is 0.348. The van der Waals surface area contributed by atoms with Crippen molar-refractivity contribution in [2.75, 3.05) is 0 Å². The molecule has 0 aliphatic carbocycles. The molecule has 0 aliphatic heterocycles. The van der Waals surface area contributed by atoms with Crippen molar-refractivity contribution in [3.8, 4) is 22.3 Å². The smallest absolute Gasteiger partial charge is 1.00 e. The Morgan fingerprint density at radius 2 is 0.786 bits per heavy atom. The summed E-state index contributed by atoms with van der Waals surface area (Å²) < 4.78 is 0. The van der Waals surface area contributed by atoms with Gasteiger partial charge in [0.1, 0.15) is 0 Å². The summed E-state index contributed by atoms with van der Waals surface area (Å²) in [6.07, 6.45) is 7.45. The topological polar surface area (TPSA) is 50.5 Å². The number of aryl methyl sites for hydroxylation is 1. The first kappa shape index (κ1) is 56.4. The van der Waals surface area contributed by atoms with E-state index in [1.54, 1.807) is 0 Å². The van der Waals surface area contributed by atoms with Gasteiger partial charge in [0, 0.05) is 12.4 Å². The minimum absolute atomic E-state index is 0. The fourth-order valence-corrected chi connectivity index (χ4v) is 6.76. The zero-order valence-corrected chi connectivity index (χ0v) is 42.3. The molecule has 0 spiro atoms. The molecular formula is C46H54Br4Cu2N4. The van der Waals surface area contributed by atoms with Crippen LogP contribution in [0, 0.1) is 6.92 Å². The van der Waals surface area contributed by atoms with Crippen LogP contribution in [-0.4, -0.2) is 22.4 Å². The number of nitrogens with zero attached hydrogens (tertiary/aromatic N) is 4. The third-order valence-electron chi connectivity index (χ3n) is 9.50. The molecule has 0 unspecified atom stereocenters. The Balaban J connectivity index is 0. The summed E-state index contributed by atoms with van der Waals surface area (Å²) in [5.41, 5.74) is 16.6. The van der Waals surface area contributed by atoms with Crippen molar-refractivity contribution < 1.29 is 102 Å². The van der Waals surface area contributed by atoms with Crippen molar-refractivity contribution in [1.82, 2.24) is 9.97 Å². The molecule has 0 aliphatic rings. The van der Waals surface area contributed by atoms with Crippen LogP contribution in [0.25, 0.3) is 22.3 Å². The molecule has 308 valence electrons. The number of halogens is 4. The number of hydrogen-bond donors (Lipinski definition) is 0. The van der Waals surface area contributed by atoms with Crippen molar-refractivity contribution >= 4 is 23.8 Å². The first-order valence-corrected chi connectivity index (χ1v) is 18.3. The van der Waals surface area contributed by atoms with Crippen molar-refractivity contribution in [3.05, 3.63) is 130 Å². The predicted octanol–water partition coefficient (Wildman–Crippen LogP) is 1.25. The summed E-state index contributed by atoms with van der Waals surface area (Å²) in [5.74, 6) is 1.49. The van der Waals surface area contributed by atoms with Crippen LogP contribution in [-0.2, 0) is 34.1 Å². The molecule has 0 bridgehead atoms. The number of aliphatic imine (C=N–C) groups is 2. The second-order valence-corrected chi connectivity index (χ2v) is 15.0. The summed E-state index contributed by atoms with van der Waals surface area (Å²) >= 11 is 0. The molecule has 2 heterocycles. The summed E-state index contributed by atoms with van der Waals surface area (Å²) in [7, 11) is 0. The summed E-state index contributed by atoms with van der Waals surface area (Å²) in [6.45, 7) is 25.1. The van der Waals surface area contributed by atoms with E-state index < -0.39 is 0 Å². The Morgan fingerprint density at radius 3 is 1.09 bits per heavy atom. The third kappa shape index (κ3) is 13.4. The Morgan fingerprint density at radius 1 is 0.446 bits per heavy atom. The van der Waals surface area contributed by atoms with Gasteiger partial charge in [0.2, 0.25) is 0 Å². The molecule has 2 radical (unpaired) electrons. The molecule has 0 saturated carbocycles. The maximum absolute atomic E-state index is 5.12. The van der Waals surface area contributed by atoms with E-state index in [4.69, 9.17) is 9.98 Å². The minimum Gasteiger partial charge on any atom is -1.00 e. The van der Waals surface area contributed by atoms with Gasteiger partial charge in [-0.1, -0.05) is 93.5 Å². The fourth-order valence-electron chi connectivity index (χ4n) is 6.76. The molecule has 0 N–H and O–H groups in total. The van der Waals surface area contributed by atoms with Crippen LogP contribution < -0.4 is 67.9 Å². The Kier molecular flexibility index (Phi) is 25.8. The van der Waals surface area contributed by atoms with Gasteiger partial charge < -0.3 is 67.9 Å². The van der Waals surface area contributed by atoms with Crippen LogP contribution in [0.4, 0.5) is 11.4 Å². The van der Waals surface area contributed by atoms with Gasteiger partial charge in [-0.05, 0) is 141 Å². The molecule has 0 fully saturated rings. The van der Waals surface area contributed by atoms with Crippen molar-refractivity contribution in [2.24, 2.45) is 9.98 Å². The molecule has 0 saturated heterocycles. The van der Waals surface area contributed by atoms with Gasteiger partial charge in [-0.15, -0.1) is 0 Å². The van der Waals surface area contributed by atoms with E-state index >= 15 is 0 Å². The van der Waals surface area contributed by atoms with E-state index in [9.17, 15) is 0 Å². The van der Waals surface area contributed by atoms with Gasteiger partial charge in [-0.25, -0.2) is 0 Å². The Labute approximate surface area is 400 Å². The number of aromatic nitrogens is 2. The van der Waals surface area contributed by atoms with Crippen LogP contribution in [0.3, 0.4) is 0 Å². The normalized spacial score (nSPS) is 10.9.